The van der Waals surface area contributed by atoms with Gasteiger partial charge in [0.25, 0.3) is 6.33 Å². The first-order valence-electron chi connectivity index (χ1n) is 27.9. The molecule has 0 unspecified atom stereocenters. The summed E-state index contributed by atoms with van der Waals surface area (Å²) in [5, 5.41) is 1.97. The molecule has 3 heterocycles. The second-order valence-corrected chi connectivity index (χ2v) is 18.3. The van der Waals surface area contributed by atoms with Crippen LogP contribution in [0, 0.1) is 23.6 Å². The van der Waals surface area contributed by atoms with Crippen LogP contribution in [-0.4, -0.2) is 14.1 Å². The number of para-hydroxylation sites is 4. The second-order valence-electron chi connectivity index (χ2n) is 18.3. The number of rotatable bonds is 12. The molecule has 10 aromatic rings. The van der Waals surface area contributed by atoms with Gasteiger partial charge in [-0.15, -0.1) is 0 Å². The summed E-state index contributed by atoms with van der Waals surface area (Å²) in [6.45, 7) is 12.8. The number of ether oxygens (including phenoxy) is 1. The number of imidazole rings is 1. The molecule has 5 nitrogen and oxygen atoms in total. The summed E-state index contributed by atoms with van der Waals surface area (Å²) >= 11 is 0. The number of benzene rings is 7. The van der Waals surface area contributed by atoms with Gasteiger partial charge in [-0.2, -0.15) is 0 Å². The summed E-state index contributed by atoms with van der Waals surface area (Å²) in [4.78, 5) is 4.76. The van der Waals surface area contributed by atoms with Gasteiger partial charge in [-0.25, -0.2) is 4.98 Å². The van der Waals surface area contributed by atoms with E-state index in [0.717, 1.165) is 21.8 Å². The zero-order valence-corrected chi connectivity index (χ0v) is 38.2. The lowest BCUT2D eigenvalue weighted by Crippen LogP contribution is -2.31. The van der Waals surface area contributed by atoms with Crippen LogP contribution in [0.25, 0.3) is 72.3 Å². The highest BCUT2D eigenvalue weighted by atomic mass is 16.5. The van der Waals surface area contributed by atoms with E-state index in [1.165, 1.54) is 0 Å². The Morgan fingerprint density at radius 1 is 0.636 bits per heavy atom. The van der Waals surface area contributed by atoms with Crippen LogP contribution >= 0.6 is 0 Å². The van der Waals surface area contributed by atoms with Gasteiger partial charge in [-0.05, 0) is 124 Å². The van der Waals surface area contributed by atoms with Gasteiger partial charge in [0.2, 0.25) is 0 Å². The third-order valence-corrected chi connectivity index (χ3v) is 11.2. The molecule has 328 valence electrons. The van der Waals surface area contributed by atoms with E-state index in [4.69, 9.17) is 16.6 Å². The summed E-state index contributed by atoms with van der Waals surface area (Å²) in [5.41, 5.74) is 5.70. The first kappa shape index (κ1) is 31.6. The molecule has 0 saturated heterocycles. The van der Waals surface area contributed by atoms with Gasteiger partial charge in [0, 0.05) is 31.3 Å². The van der Waals surface area contributed by atoms with Gasteiger partial charge in [-0.3, -0.25) is 13.7 Å². The summed E-state index contributed by atoms with van der Waals surface area (Å²) < 4.78 is 112. The van der Waals surface area contributed by atoms with Crippen molar-refractivity contribution in [1.29, 1.82) is 0 Å². The molecule has 0 aliphatic rings. The Morgan fingerprint density at radius 2 is 1.30 bits per heavy atom. The molecule has 5 heteroatoms. The minimum Gasteiger partial charge on any atom is -0.458 e. The van der Waals surface area contributed by atoms with Gasteiger partial charge in [0.05, 0.1) is 40.3 Å². The maximum absolute atomic E-state index is 9.24. The van der Waals surface area contributed by atoms with Crippen molar-refractivity contribution in [1.82, 2.24) is 14.1 Å². The Morgan fingerprint density at radius 3 is 2.05 bits per heavy atom. The summed E-state index contributed by atoms with van der Waals surface area (Å²) in [7, 11) is 0. The van der Waals surface area contributed by atoms with E-state index in [1.807, 2.05) is 127 Å². The van der Waals surface area contributed by atoms with Crippen LogP contribution < -0.4 is 9.30 Å². The van der Waals surface area contributed by atoms with Crippen molar-refractivity contribution in [3.05, 3.63) is 199 Å². The van der Waals surface area contributed by atoms with Crippen LogP contribution in [-0.2, 0) is 19.1 Å². The first-order valence-corrected chi connectivity index (χ1v) is 22.4. The van der Waals surface area contributed by atoms with E-state index in [1.54, 1.807) is 74.9 Å². The molecule has 10 rings (SSSR count). The molecular weight excluding hydrogens is 805 g/mol. The fraction of sp³-hybridized carbons (Fsp3) is 0.213. The summed E-state index contributed by atoms with van der Waals surface area (Å²) in [6, 6.07) is 40.5. The van der Waals surface area contributed by atoms with Crippen molar-refractivity contribution >= 4 is 32.8 Å². The number of hydrogen-bond donors (Lipinski definition) is 0. The Kier molecular flexibility index (Phi) is 8.44. The Labute approximate surface area is 405 Å². The molecule has 0 aliphatic heterocycles. The predicted octanol–water partition coefficient (Wildman–Crippen LogP) is 15.3. The first-order chi connectivity index (χ1) is 36.3. The quantitative estimate of drug-likeness (QED) is 0.0906. The highest BCUT2D eigenvalue weighted by Gasteiger charge is 2.22. The summed E-state index contributed by atoms with van der Waals surface area (Å²) in [5.74, 6) is 0.664. The van der Waals surface area contributed by atoms with E-state index in [2.05, 4.69) is 12.4 Å². The van der Waals surface area contributed by atoms with Crippen molar-refractivity contribution in [2.45, 2.75) is 67.6 Å². The van der Waals surface area contributed by atoms with Crippen molar-refractivity contribution in [2.24, 2.45) is 17.3 Å². The lowest BCUT2D eigenvalue weighted by atomic mass is 9.88. The lowest BCUT2D eigenvalue weighted by molar-refractivity contribution is -0.571. The molecule has 0 spiro atoms. The van der Waals surface area contributed by atoms with Crippen LogP contribution in [0.5, 0.6) is 11.5 Å². The van der Waals surface area contributed by atoms with E-state index >= 15 is 0 Å². The zero-order valence-electron chi connectivity index (χ0n) is 49.2. The molecule has 3 aromatic heterocycles. The average Bonchev–Trinajstić information content (AvgIpc) is 4.02. The Hall–Kier alpha value is -7.24. The third-order valence-electron chi connectivity index (χ3n) is 11.2. The van der Waals surface area contributed by atoms with Crippen molar-refractivity contribution in [3.8, 4) is 50.9 Å². The van der Waals surface area contributed by atoms with Gasteiger partial charge in [0.1, 0.15) is 17.3 Å². The smallest absolute Gasteiger partial charge is 0.269 e. The van der Waals surface area contributed by atoms with Crippen molar-refractivity contribution in [3.63, 3.8) is 0 Å². The van der Waals surface area contributed by atoms with Gasteiger partial charge < -0.3 is 4.74 Å². The molecule has 0 N–H and O–H groups in total. The monoisotopic (exact) mass is 874 g/mol. The van der Waals surface area contributed by atoms with E-state index in [0.29, 0.717) is 56.4 Å². The second kappa shape index (κ2) is 17.6. The maximum Gasteiger partial charge on any atom is 0.269 e. The molecule has 0 radical (unpaired) electrons. The highest BCUT2D eigenvalue weighted by Crippen LogP contribution is 2.38. The zero-order chi connectivity index (χ0) is 55.3. The number of nitrogens with zero attached hydrogens (tertiary/aromatic N) is 4. The molecule has 0 atom stereocenters. The number of fused-ring (bicyclic) bond motifs is 4. The van der Waals surface area contributed by atoms with Crippen LogP contribution in [0.3, 0.4) is 0 Å². The predicted molar refractivity (Wildman–Crippen MR) is 273 cm³/mol. The fourth-order valence-corrected chi connectivity index (χ4v) is 8.77. The summed E-state index contributed by atoms with van der Waals surface area (Å²) in [6.07, 6.45) is -0.169. The maximum atomic E-state index is 9.24. The van der Waals surface area contributed by atoms with Gasteiger partial charge in [-0.1, -0.05) is 164 Å². The molecule has 0 amide bonds. The minimum absolute atomic E-state index is 0.0438. The number of hydrogen-bond acceptors (Lipinski definition) is 2. The topological polar surface area (TPSA) is 35.9 Å². The third kappa shape index (κ3) is 8.66. The minimum atomic E-state index is -1.87. The van der Waals surface area contributed by atoms with Crippen molar-refractivity contribution in [2.75, 3.05) is 0 Å². The molecule has 0 fully saturated rings. The SMILES string of the molecule is [2H]c1c([2H])c([2H])c(-c2cccc(-c3cc(C([2H])([2H])C(C)C)cc(C([2H])([2H])C(C)C)c3)c2-[n+]2[c-]n(-c3cccc(Oc4ccc5c6ccccc6n(-c6cc(C([2H])([2H])C(C)(C)C)ccn6)c5c4)c3)c3ccccc32)c([2H])c1[2H]. The van der Waals surface area contributed by atoms with Crippen LogP contribution in [0.2, 0.25) is 0 Å². The molecule has 66 heavy (non-hydrogen) atoms. The standard InChI is InChI=1S/C61H58N4O/c1-41(2)31-44-33-45(32-42(3)4)35-47(34-44)52-23-16-22-51(46-17-9-8-10-18-46)60(52)64-40-63(56-25-13-14-26-57(56)64)48-19-15-20-49(37-48)66-50-27-28-54-53-21-11-12-24-55(53)65(58(54)38-50)59-36-43(29-30-62-59)39-61(5,6)7/h8-30,33-38,41-42H,31-32,39H2,1-7H3/i8D,9D,10D,17D,18D,31D2,32D2,39D2. The number of aromatic nitrogens is 4. The molecular formula is C61H58N4O. The number of pyridine rings is 1. The normalized spacial score (nSPS) is 15.1. The average molecular weight is 874 g/mol. The fourth-order valence-electron chi connectivity index (χ4n) is 8.77. The van der Waals surface area contributed by atoms with E-state index in [-0.39, 0.29) is 22.3 Å². The van der Waals surface area contributed by atoms with Crippen molar-refractivity contribution < 1.29 is 24.4 Å². The Bertz CT molecular complexity index is 3900. The largest absolute Gasteiger partial charge is 0.458 e. The van der Waals surface area contributed by atoms with E-state index < -0.39 is 66.6 Å². The highest BCUT2D eigenvalue weighted by molar-refractivity contribution is 6.09. The van der Waals surface area contributed by atoms with Gasteiger partial charge in [0.15, 0.2) is 0 Å². The molecule has 0 bridgehead atoms. The van der Waals surface area contributed by atoms with Crippen LogP contribution in [0.4, 0.5) is 0 Å². The van der Waals surface area contributed by atoms with Crippen LogP contribution in [0.15, 0.2) is 176 Å². The van der Waals surface area contributed by atoms with Gasteiger partial charge >= 0.3 is 0 Å². The van der Waals surface area contributed by atoms with E-state index in [9.17, 15) is 8.22 Å². The molecule has 7 aromatic carbocycles. The molecule has 0 aliphatic carbocycles. The lowest BCUT2D eigenvalue weighted by Gasteiger charge is -2.19. The van der Waals surface area contributed by atoms with Crippen LogP contribution in [0.1, 0.15) is 80.2 Å². The Balaban J connectivity index is 1.15. The molecule has 0 saturated carbocycles.